The number of halogens is 3. The Kier molecular flexibility index (Phi) is 4.91. The molecule has 0 unspecified atom stereocenters. The van der Waals surface area contributed by atoms with Crippen molar-refractivity contribution in [2.45, 2.75) is 24.0 Å². The summed E-state index contributed by atoms with van der Waals surface area (Å²) in [4.78, 5) is 2.02. The molecule has 0 N–H and O–H groups in total. The molecular weight excluding hydrogens is 327 g/mol. The van der Waals surface area contributed by atoms with Crippen LogP contribution in [0.25, 0.3) is 11.5 Å². The average molecular weight is 343 g/mol. The maximum absolute atomic E-state index is 13.1. The highest BCUT2D eigenvalue weighted by Gasteiger charge is 2.33. The van der Waals surface area contributed by atoms with Gasteiger partial charge < -0.3 is 9.32 Å². The van der Waals surface area contributed by atoms with Gasteiger partial charge in [-0.05, 0) is 24.3 Å². The van der Waals surface area contributed by atoms with Crippen molar-refractivity contribution in [1.82, 2.24) is 15.1 Å². The first-order valence-electron chi connectivity index (χ1n) is 7.34. The molecule has 124 valence electrons. The summed E-state index contributed by atoms with van der Waals surface area (Å²) in [5, 5.41) is 8.29. The van der Waals surface area contributed by atoms with Crippen molar-refractivity contribution in [3.63, 3.8) is 0 Å². The number of likely N-dealkylation sites (tertiary alicyclic amines) is 1. The lowest BCUT2D eigenvalue weighted by Crippen LogP contribution is -2.40. The predicted molar refractivity (Wildman–Crippen MR) is 81.0 cm³/mol. The van der Waals surface area contributed by atoms with Crippen LogP contribution in [0.15, 0.2) is 33.9 Å². The average Bonchev–Trinajstić information content (AvgIpc) is 2.99. The van der Waals surface area contributed by atoms with Gasteiger partial charge in [-0.15, -0.1) is 10.2 Å². The molecule has 1 aromatic carbocycles. The zero-order chi connectivity index (χ0) is 16.3. The Hall–Kier alpha value is -1.54. The number of hydrogen-bond acceptors (Lipinski definition) is 5. The lowest BCUT2D eigenvalue weighted by atomic mass is 10.1. The molecule has 2 aromatic rings. The maximum atomic E-state index is 13.1. The molecule has 0 saturated carbocycles. The molecule has 1 aliphatic heterocycles. The number of alkyl halides is 2. The van der Waals surface area contributed by atoms with Crippen molar-refractivity contribution >= 4 is 11.8 Å². The van der Waals surface area contributed by atoms with E-state index in [0.29, 0.717) is 42.1 Å². The van der Waals surface area contributed by atoms with Crippen molar-refractivity contribution in [1.29, 1.82) is 0 Å². The first-order chi connectivity index (χ1) is 11.0. The van der Waals surface area contributed by atoms with Crippen LogP contribution in [0.3, 0.4) is 0 Å². The fourth-order valence-electron chi connectivity index (χ4n) is 2.34. The molecule has 1 fully saturated rings. The van der Waals surface area contributed by atoms with Gasteiger partial charge in [0.05, 0.1) is 0 Å². The van der Waals surface area contributed by atoms with E-state index in [2.05, 4.69) is 10.2 Å². The molecule has 1 saturated heterocycles. The molecule has 0 aliphatic carbocycles. The number of benzene rings is 1. The number of aromatic nitrogens is 2. The van der Waals surface area contributed by atoms with Gasteiger partial charge in [0.25, 0.3) is 11.1 Å². The topological polar surface area (TPSA) is 42.2 Å². The Morgan fingerprint density at radius 1 is 1.13 bits per heavy atom. The van der Waals surface area contributed by atoms with E-state index in [1.807, 2.05) is 4.90 Å². The van der Waals surface area contributed by atoms with E-state index in [0.717, 1.165) is 0 Å². The molecule has 0 spiro atoms. The van der Waals surface area contributed by atoms with Gasteiger partial charge in [0, 0.05) is 43.8 Å². The summed E-state index contributed by atoms with van der Waals surface area (Å²) in [6.45, 7) is 1.53. The van der Waals surface area contributed by atoms with E-state index < -0.39 is 5.92 Å². The second kappa shape index (κ2) is 6.92. The zero-order valence-corrected chi connectivity index (χ0v) is 13.2. The van der Waals surface area contributed by atoms with Crippen LogP contribution in [0, 0.1) is 5.82 Å². The van der Waals surface area contributed by atoms with Crippen LogP contribution in [-0.2, 0) is 0 Å². The summed E-state index contributed by atoms with van der Waals surface area (Å²) in [6.07, 6.45) is -0.153. The van der Waals surface area contributed by atoms with Crippen molar-refractivity contribution in [3.05, 3.63) is 30.1 Å². The van der Waals surface area contributed by atoms with E-state index in [1.54, 1.807) is 12.1 Å². The largest absolute Gasteiger partial charge is 0.411 e. The molecule has 23 heavy (non-hydrogen) atoms. The van der Waals surface area contributed by atoms with Gasteiger partial charge in [0.1, 0.15) is 5.82 Å². The molecule has 2 heterocycles. The van der Waals surface area contributed by atoms with Gasteiger partial charge in [-0.3, -0.25) is 0 Å². The predicted octanol–water partition coefficient (Wildman–Crippen LogP) is 3.70. The molecule has 3 rings (SSSR count). The highest BCUT2D eigenvalue weighted by Crippen LogP contribution is 2.28. The van der Waals surface area contributed by atoms with E-state index in [1.165, 1.54) is 23.9 Å². The first kappa shape index (κ1) is 16.3. The van der Waals surface area contributed by atoms with E-state index in [9.17, 15) is 13.2 Å². The van der Waals surface area contributed by atoms with Gasteiger partial charge in [0.15, 0.2) is 0 Å². The number of piperidine rings is 1. The van der Waals surface area contributed by atoms with Crippen molar-refractivity contribution in [2.24, 2.45) is 0 Å². The number of rotatable bonds is 5. The summed E-state index contributed by atoms with van der Waals surface area (Å²) in [6, 6.07) is 5.81. The van der Waals surface area contributed by atoms with Crippen LogP contribution in [0.1, 0.15) is 12.8 Å². The maximum Gasteiger partial charge on any atom is 0.276 e. The highest BCUT2D eigenvalue weighted by atomic mass is 32.2. The lowest BCUT2D eigenvalue weighted by molar-refractivity contribution is -0.0539. The van der Waals surface area contributed by atoms with Crippen molar-refractivity contribution in [2.75, 3.05) is 25.4 Å². The Morgan fingerprint density at radius 3 is 2.52 bits per heavy atom. The molecule has 8 heteroatoms. The molecule has 4 nitrogen and oxygen atoms in total. The first-order valence-corrected chi connectivity index (χ1v) is 8.33. The summed E-state index contributed by atoms with van der Waals surface area (Å²) < 4.78 is 44.5. The van der Waals surface area contributed by atoms with Crippen LogP contribution in [0.2, 0.25) is 0 Å². The van der Waals surface area contributed by atoms with Crippen LogP contribution in [0.4, 0.5) is 13.2 Å². The lowest BCUT2D eigenvalue weighted by Gasteiger charge is -2.31. The zero-order valence-electron chi connectivity index (χ0n) is 12.3. The fraction of sp³-hybridized carbons (Fsp3) is 0.467. The minimum absolute atomic E-state index is 0.0764. The molecule has 0 bridgehead atoms. The number of nitrogens with zero attached hydrogens (tertiary/aromatic N) is 3. The summed E-state index contributed by atoms with van der Waals surface area (Å²) in [5.41, 5.74) is 0.656. The van der Waals surface area contributed by atoms with Crippen LogP contribution in [-0.4, -0.2) is 46.4 Å². The molecular formula is C15H16F3N3OS. The number of thioether (sulfide) groups is 1. The molecule has 0 amide bonds. The standard InChI is InChI=1S/C15H16F3N3OS/c16-12-3-1-11(2-4-12)13-19-20-14(22-13)23-10-9-21-7-5-15(17,18)6-8-21/h1-4H,5-10H2. The minimum atomic E-state index is -2.51. The quantitative estimate of drug-likeness (QED) is 0.775. The Bertz CT molecular complexity index is 638. The number of hydrogen-bond donors (Lipinski definition) is 0. The Balaban J connectivity index is 1.47. The van der Waals surface area contributed by atoms with Crippen LogP contribution >= 0.6 is 11.8 Å². The normalized spacial score (nSPS) is 18.2. The van der Waals surface area contributed by atoms with E-state index in [-0.39, 0.29) is 18.7 Å². The second-order valence-electron chi connectivity index (χ2n) is 5.43. The van der Waals surface area contributed by atoms with E-state index in [4.69, 9.17) is 4.42 Å². The van der Waals surface area contributed by atoms with Gasteiger partial charge in [-0.25, -0.2) is 13.2 Å². The monoisotopic (exact) mass is 343 g/mol. The Morgan fingerprint density at radius 2 is 1.83 bits per heavy atom. The molecule has 1 aromatic heterocycles. The van der Waals surface area contributed by atoms with Crippen molar-refractivity contribution < 1.29 is 17.6 Å². The second-order valence-corrected chi connectivity index (χ2v) is 6.47. The molecule has 1 aliphatic rings. The fourth-order valence-corrected chi connectivity index (χ4v) is 3.10. The van der Waals surface area contributed by atoms with Gasteiger partial charge in [-0.1, -0.05) is 11.8 Å². The third kappa shape index (κ3) is 4.48. The summed E-state index contributed by atoms with van der Waals surface area (Å²) >= 11 is 1.39. The van der Waals surface area contributed by atoms with Gasteiger partial charge >= 0.3 is 0 Å². The van der Waals surface area contributed by atoms with Gasteiger partial charge in [-0.2, -0.15) is 0 Å². The van der Waals surface area contributed by atoms with Crippen LogP contribution in [0.5, 0.6) is 0 Å². The molecule has 0 atom stereocenters. The Labute approximate surface area is 136 Å². The summed E-state index contributed by atoms with van der Waals surface area (Å²) in [5.74, 6) is -1.81. The minimum Gasteiger partial charge on any atom is -0.411 e. The van der Waals surface area contributed by atoms with E-state index >= 15 is 0 Å². The third-order valence-electron chi connectivity index (χ3n) is 3.72. The highest BCUT2D eigenvalue weighted by molar-refractivity contribution is 7.99. The van der Waals surface area contributed by atoms with Crippen molar-refractivity contribution in [3.8, 4) is 11.5 Å². The van der Waals surface area contributed by atoms with Crippen LogP contribution < -0.4 is 0 Å². The van der Waals surface area contributed by atoms with Gasteiger partial charge in [0.2, 0.25) is 5.89 Å². The summed E-state index contributed by atoms with van der Waals surface area (Å²) in [7, 11) is 0. The smallest absolute Gasteiger partial charge is 0.276 e. The third-order valence-corrected chi connectivity index (χ3v) is 4.52. The SMILES string of the molecule is Fc1ccc(-c2nnc(SCCN3CCC(F)(F)CC3)o2)cc1. The molecule has 0 radical (unpaired) electrons.